The van der Waals surface area contributed by atoms with Gasteiger partial charge in [-0.1, -0.05) is 6.07 Å². The van der Waals surface area contributed by atoms with Crippen LogP contribution in [-0.4, -0.2) is 17.0 Å². The van der Waals surface area contributed by atoms with E-state index in [0.29, 0.717) is 0 Å². The molecule has 0 atom stereocenters. The van der Waals surface area contributed by atoms with Crippen molar-refractivity contribution in [2.75, 3.05) is 6.61 Å². The Kier molecular flexibility index (Phi) is 4.99. The average molecular weight is 420 g/mol. The summed E-state index contributed by atoms with van der Waals surface area (Å²) in [6.07, 6.45) is 4.46. The lowest BCUT2D eigenvalue weighted by Gasteiger charge is -2.10. The van der Waals surface area contributed by atoms with Gasteiger partial charge >= 0.3 is 0 Å². The first-order chi connectivity index (χ1) is 14.6. The number of rotatable bonds is 6. The zero-order valence-electron chi connectivity index (χ0n) is 17.4. The molecule has 3 heterocycles. The first-order valence-corrected chi connectivity index (χ1v) is 11.4. The second-order valence-corrected chi connectivity index (χ2v) is 9.06. The van der Waals surface area contributed by atoms with Gasteiger partial charge in [-0.05, 0) is 68.8 Å². The minimum atomic E-state index is 0.00912. The number of ketones is 1. The maximum absolute atomic E-state index is 12.9. The highest BCUT2D eigenvalue weighted by Crippen LogP contribution is 2.34. The van der Waals surface area contributed by atoms with E-state index in [9.17, 15) is 4.79 Å². The number of ether oxygens (including phenoxy) is 1. The molecule has 30 heavy (non-hydrogen) atoms. The summed E-state index contributed by atoms with van der Waals surface area (Å²) in [5.74, 6) is 1.84. The highest BCUT2D eigenvalue weighted by molar-refractivity contribution is 7.09. The summed E-state index contributed by atoms with van der Waals surface area (Å²) in [7, 11) is 0. The number of Topliss-reactive ketones (excluding diaryl/α,β-unsaturated/α-hetero) is 1. The van der Waals surface area contributed by atoms with Gasteiger partial charge in [0.1, 0.15) is 17.1 Å². The number of furan rings is 1. The molecule has 154 valence electrons. The Morgan fingerprint density at radius 3 is 2.87 bits per heavy atom. The van der Waals surface area contributed by atoms with E-state index in [-0.39, 0.29) is 12.4 Å². The zero-order chi connectivity index (χ0) is 20.7. The maximum atomic E-state index is 12.9. The molecule has 1 aliphatic rings. The van der Waals surface area contributed by atoms with Crippen LogP contribution in [0.25, 0.3) is 11.0 Å². The molecule has 0 aliphatic heterocycles. The number of benzene rings is 1. The van der Waals surface area contributed by atoms with Gasteiger partial charge in [0.05, 0.1) is 6.54 Å². The van der Waals surface area contributed by atoms with Gasteiger partial charge in [0.2, 0.25) is 5.78 Å². The fraction of sp³-hybridized carbons (Fsp3) is 0.320. The Balaban J connectivity index is 1.32. The molecule has 0 saturated carbocycles. The molecule has 5 heteroatoms. The summed E-state index contributed by atoms with van der Waals surface area (Å²) >= 11 is 1.73. The summed E-state index contributed by atoms with van der Waals surface area (Å²) in [5, 5.41) is 3.21. The van der Waals surface area contributed by atoms with Gasteiger partial charge in [0, 0.05) is 39.2 Å². The standard InChI is InChI=1S/C25H25NO3S/c1-16-12-21(17(2)26(16)14-19-6-5-11-30-19)23(27)15-28-18-9-10-25-22(13-18)20-7-3-4-8-24(20)29-25/h5-6,9-13H,3-4,7-8,14-15H2,1-2H3. The van der Waals surface area contributed by atoms with Gasteiger partial charge in [0.25, 0.3) is 0 Å². The molecule has 0 saturated heterocycles. The lowest BCUT2D eigenvalue weighted by Crippen LogP contribution is -2.13. The Morgan fingerprint density at radius 1 is 1.17 bits per heavy atom. The Labute approximate surface area is 180 Å². The second-order valence-electron chi connectivity index (χ2n) is 8.03. The number of hydrogen-bond acceptors (Lipinski definition) is 4. The monoisotopic (exact) mass is 419 g/mol. The van der Waals surface area contributed by atoms with E-state index < -0.39 is 0 Å². The summed E-state index contributed by atoms with van der Waals surface area (Å²) in [5.41, 5.74) is 5.05. The molecule has 0 radical (unpaired) electrons. The van der Waals surface area contributed by atoms with Crippen molar-refractivity contribution < 1.29 is 13.9 Å². The van der Waals surface area contributed by atoms with E-state index in [4.69, 9.17) is 9.15 Å². The van der Waals surface area contributed by atoms with Gasteiger partial charge < -0.3 is 13.7 Å². The molecule has 4 aromatic rings. The molecule has 0 spiro atoms. The van der Waals surface area contributed by atoms with Crippen LogP contribution in [0.1, 0.15) is 50.8 Å². The number of fused-ring (bicyclic) bond motifs is 3. The molecular formula is C25H25NO3S. The predicted octanol–water partition coefficient (Wildman–Crippen LogP) is 6.10. The number of carbonyl (C=O) groups excluding carboxylic acids is 1. The van der Waals surface area contributed by atoms with Crippen LogP contribution in [0, 0.1) is 13.8 Å². The quantitative estimate of drug-likeness (QED) is 0.355. The molecule has 1 aliphatic carbocycles. The SMILES string of the molecule is Cc1cc(C(=O)COc2ccc3oc4c(c3c2)CCCC4)c(C)n1Cc1cccs1. The fourth-order valence-electron chi connectivity index (χ4n) is 4.44. The molecule has 0 unspecified atom stereocenters. The van der Waals surface area contributed by atoms with Crippen LogP contribution >= 0.6 is 11.3 Å². The van der Waals surface area contributed by atoms with Crippen molar-refractivity contribution in [3.63, 3.8) is 0 Å². The minimum Gasteiger partial charge on any atom is -0.485 e. The van der Waals surface area contributed by atoms with Crippen molar-refractivity contribution in [2.24, 2.45) is 0 Å². The lowest BCUT2D eigenvalue weighted by atomic mass is 9.96. The van der Waals surface area contributed by atoms with Crippen LogP contribution in [0.3, 0.4) is 0 Å². The molecule has 0 bridgehead atoms. The molecule has 0 amide bonds. The molecule has 0 fully saturated rings. The van der Waals surface area contributed by atoms with Crippen LogP contribution in [0.4, 0.5) is 0 Å². The predicted molar refractivity (Wildman–Crippen MR) is 120 cm³/mol. The number of aryl methyl sites for hydroxylation is 3. The van der Waals surface area contributed by atoms with E-state index in [0.717, 1.165) is 58.8 Å². The molecule has 5 rings (SSSR count). The molecule has 1 aromatic carbocycles. The molecule has 3 aromatic heterocycles. The van der Waals surface area contributed by atoms with Gasteiger partial charge in [-0.15, -0.1) is 11.3 Å². The smallest absolute Gasteiger partial charge is 0.202 e. The van der Waals surface area contributed by atoms with E-state index >= 15 is 0 Å². The highest BCUT2D eigenvalue weighted by atomic mass is 32.1. The third kappa shape index (κ3) is 3.47. The number of hydrogen-bond donors (Lipinski definition) is 0. The van der Waals surface area contributed by atoms with Crippen molar-refractivity contribution in [1.29, 1.82) is 0 Å². The number of nitrogens with zero attached hydrogens (tertiary/aromatic N) is 1. The highest BCUT2D eigenvalue weighted by Gasteiger charge is 2.19. The summed E-state index contributed by atoms with van der Waals surface area (Å²) in [4.78, 5) is 14.2. The van der Waals surface area contributed by atoms with Crippen LogP contribution in [0.2, 0.25) is 0 Å². The first kappa shape index (κ1) is 19.2. The van der Waals surface area contributed by atoms with Gasteiger partial charge in [0.15, 0.2) is 6.61 Å². The van der Waals surface area contributed by atoms with Crippen molar-refractivity contribution in [1.82, 2.24) is 4.57 Å². The molecular weight excluding hydrogens is 394 g/mol. The largest absolute Gasteiger partial charge is 0.485 e. The molecule has 0 N–H and O–H groups in total. The summed E-state index contributed by atoms with van der Waals surface area (Å²) < 4.78 is 14.1. The third-order valence-corrected chi connectivity index (χ3v) is 6.93. The van der Waals surface area contributed by atoms with Crippen molar-refractivity contribution in [3.8, 4) is 5.75 Å². The van der Waals surface area contributed by atoms with Gasteiger partial charge in [-0.2, -0.15) is 0 Å². The van der Waals surface area contributed by atoms with Gasteiger partial charge in [-0.3, -0.25) is 4.79 Å². The van der Waals surface area contributed by atoms with E-state index in [1.807, 2.05) is 38.1 Å². The Hall–Kier alpha value is -2.79. The number of aromatic nitrogens is 1. The van der Waals surface area contributed by atoms with Crippen LogP contribution in [-0.2, 0) is 19.4 Å². The Bertz CT molecular complexity index is 1210. The average Bonchev–Trinajstić information content (AvgIpc) is 3.46. The second kappa shape index (κ2) is 7.80. The lowest BCUT2D eigenvalue weighted by molar-refractivity contribution is 0.0921. The maximum Gasteiger partial charge on any atom is 0.202 e. The van der Waals surface area contributed by atoms with Gasteiger partial charge in [-0.25, -0.2) is 0 Å². The topological polar surface area (TPSA) is 44.4 Å². The van der Waals surface area contributed by atoms with Crippen molar-refractivity contribution in [2.45, 2.75) is 46.1 Å². The normalized spacial score (nSPS) is 13.5. The zero-order valence-corrected chi connectivity index (χ0v) is 18.2. The minimum absolute atomic E-state index is 0.00912. The van der Waals surface area contributed by atoms with E-state index in [2.05, 4.69) is 22.1 Å². The fourth-order valence-corrected chi connectivity index (χ4v) is 5.14. The van der Waals surface area contributed by atoms with E-state index in [1.54, 1.807) is 11.3 Å². The Morgan fingerprint density at radius 2 is 2.03 bits per heavy atom. The summed E-state index contributed by atoms with van der Waals surface area (Å²) in [6.45, 7) is 4.90. The van der Waals surface area contributed by atoms with Crippen molar-refractivity contribution >= 4 is 28.1 Å². The van der Waals surface area contributed by atoms with E-state index in [1.165, 1.54) is 23.3 Å². The van der Waals surface area contributed by atoms with Crippen molar-refractivity contribution in [3.05, 3.63) is 74.9 Å². The molecule has 4 nitrogen and oxygen atoms in total. The number of thiophene rings is 1. The van der Waals surface area contributed by atoms with Crippen LogP contribution in [0.5, 0.6) is 5.75 Å². The van der Waals surface area contributed by atoms with Crippen LogP contribution < -0.4 is 4.74 Å². The van der Waals surface area contributed by atoms with Crippen LogP contribution in [0.15, 0.2) is 46.2 Å². The third-order valence-electron chi connectivity index (χ3n) is 6.06. The number of carbonyl (C=O) groups is 1. The summed E-state index contributed by atoms with van der Waals surface area (Å²) in [6, 6.07) is 12.0. The first-order valence-electron chi connectivity index (χ1n) is 10.5.